The molecule has 1 aliphatic rings. The van der Waals surface area contributed by atoms with Crippen molar-refractivity contribution in [2.24, 2.45) is 4.99 Å². The van der Waals surface area contributed by atoms with E-state index in [1.165, 1.54) is 12.1 Å². The van der Waals surface area contributed by atoms with Crippen molar-refractivity contribution in [1.82, 2.24) is 10.6 Å². The third kappa shape index (κ3) is 5.46. The van der Waals surface area contributed by atoms with Crippen LogP contribution in [-0.2, 0) is 6.54 Å². The summed E-state index contributed by atoms with van der Waals surface area (Å²) in [5.41, 5.74) is 1.82. The number of hydrogen-bond donors (Lipinski definition) is 3. The summed E-state index contributed by atoms with van der Waals surface area (Å²) < 4.78 is 24.2. The number of rotatable bonds is 6. The van der Waals surface area contributed by atoms with E-state index < -0.39 is 5.82 Å². The molecule has 3 rings (SSSR count). The van der Waals surface area contributed by atoms with Gasteiger partial charge in [-0.1, -0.05) is 6.07 Å². The van der Waals surface area contributed by atoms with Gasteiger partial charge in [0.2, 0.25) is 0 Å². The number of aromatic hydroxyl groups is 1. The zero-order chi connectivity index (χ0) is 21.5. The summed E-state index contributed by atoms with van der Waals surface area (Å²) in [6, 6.07) is 10.5. The molecule has 0 atom stereocenters. The second-order valence-corrected chi connectivity index (χ2v) is 7.19. The van der Waals surface area contributed by atoms with Crippen molar-refractivity contribution in [3.8, 4) is 17.2 Å². The average Bonchev–Trinajstić information content (AvgIpc) is 2.78. The lowest BCUT2D eigenvalue weighted by atomic mass is 10.0. The molecule has 0 spiro atoms. The predicted octanol–water partition coefficient (Wildman–Crippen LogP) is 2.88. The van der Waals surface area contributed by atoms with Gasteiger partial charge in [-0.2, -0.15) is 0 Å². The molecule has 1 heterocycles. The van der Waals surface area contributed by atoms with Gasteiger partial charge in [0.15, 0.2) is 17.5 Å². The first-order chi connectivity index (χ1) is 14.5. The van der Waals surface area contributed by atoms with E-state index in [2.05, 4.69) is 20.5 Å². The molecule has 7 nitrogen and oxygen atoms in total. The molecule has 162 valence electrons. The molecule has 0 radical (unpaired) electrons. The number of halogens is 1. The molecule has 3 N–H and O–H groups in total. The monoisotopic (exact) mass is 416 g/mol. The van der Waals surface area contributed by atoms with Crippen LogP contribution in [-0.4, -0.2) is 51.5 Å². The maximum Gasteiger partial charge on any atom is 0.191 e. The third-order valence-corrected chi connectivity index (χ3v) is 5.23. The molecule has 1 fully saturated rings. The third-order valence-electron chi connectivity index (χ3n) is 5.23. The molecular weight excluding hydrogens is 387 g/mol. The Balaban J connectivity index is 1.52. The summed E-state index contributed by atoms with van der Waals surface area (Å²) in [7, 11) is 5.02. The number of phenols is 1. The lowest BCUT2D eigenvalue weighted by molar-refractivity contribution is 0.393. The first-order valence-corrected chi connectivity index (χ1v) is 9.95. The first-order valence-electron chi connectivity index (χ1n) is 9.95. The summed E-state index contributed by atoms with van der Waals surface area (Å²) in [5, 5.41) is 15.9. The fourth-order valence-corrected chi connectivity index (χ4v) is 3.49. The van der Waals surface area contributed by atoms with E-state index in [1.807, 2.05) is 18.2 Å². The Kier molecular flexibility index (Phi) is 7.21. The van der Waals surface area contributed by atoms with Gasteiger partial charge in [0.05, 0.1) is 14.2 Å². The number of aliphatic imine (C=N–C) groups is 1. The van der Waals surface area contributed by atoms with E-state index in [0.29, 0.717) is 12.5 Å². The summed E-state index contributed by atoms with van der Waals surface area (Å²) in [5.74, 6) is 1.25. The second kappa shape index (κ2) is 10.0. The van der Waals surface area contributed by atoms with Crippen molar-refractivity contribution >= 4 is 11.6 Å². The van der Waals surface area contributed by atoms with Crippen LogP contribution in [0.1, 0.15) is 18.4 Å². The molecule has 0 amide bonds. The summed E-state index contributed by atoms with van der Waals surface area (Å²) >= 11 is 0. The molecule has 0 saturated carbocycles. The zero-order valence-corrected chi connectivity index (χ0v) is 17.6. The topological polar surface area (TPSA) is 78.4 Å². The lowest BCUT2D eigenvalue weighted by Gasteiger charge is -2.34. The Morgan fingerprint density at radius 2 is 1.80 bits per heavy atom. The van der Waals surface area contributed by atoms with Gasteiger partial charge in [0, 0.05) is 56.6 Å². The lowest BCUT2D eigenvalue weighted by Crippen LogP contribution is -2.48. The maximum atomic E-state index is 13.5. The van der Waals surface area contributed by atoms with Crippen LogP contribution in [0.2, 0.25) is 0 Å². The van der Waals surface area contributed by atoms with E-state index >= 15 is 0 Å². The van der Waals surface area contributed by atoms with E-state index in [9.17, 15) is 9.50 Å². The number of guanidine groups is 1. The van der Waals surface area contributed by atoms with Crippen molar-refractivity contribution in [2.75, 3.05) is 39.3 Å². The standard InChI is InChI=1S/C22H29FN4O3/c1-24-22(25-14-15-4-5-21(28)20(23)10-15)26-16-6-8-27(9-7-16)17-11-18(29-2)13-19(12-17)30-3/h4-5,10-13,16,28H,6-9,14H2,1-3H3,(H2,24,25,26). The number of benzene rings is 2. The zero-order valence-electron chi connectivity index (χ0n) is 17.6. The van der Waals surface area contributed by atoms with Gasteiger partial charge in [0.1, 0.15) is 11.5 Å². The Hall–Kier alpha value is -3.16. The van der Waals surface area contributed by atoms with Gasteiger partial charge in [0.25, 0.3) is 0 Å². The van der Waals surface area contributed by atoms with Gasteiger partial charge < -0.3 is 30.1 Å². The molecule has 30 heavy (non-hydrogen) atoms. The largest absolute Gasteiger partial charge is 0.505 e. The normalized spacial score (nSPS) is 15.1. The van der Waals surface area contributed by atoms with Crippen LogP contribution in [0.25, 0.3) is 0 Å². The van der Waals surface area contributed by atoms with E-state index in [1.54, 1.807) is 27.3 Å². The number of hydrogen-bond acceptors (Lipinski definition) is 5. The van der Waals surface area contributed by atoms with Crippen LogP contribution in [0.4, 0.5) is 10.1 Å². The minimum atomic E-state index is -0.626. The van der Waals surface area contributed by atoms with Crippen molar-refractivity contribution in [1.29, 1.82) is 0 Å². The highest BCUT2D eigenvalue weighted by atomic mass is 19.1. The minimum Gasteiger partial charge on any atom is -0.505 e. The van der Waals surface area contributed by atoms with Gasteiger partial charge in [-0.25, -0.2) is 4.39 Å². The average molecular weight is 416 g/mol. The molecule has 1 aliphatic heterocycles. The molecule has 8 heteroatoms. The van der Waals surface area contributed by atoms with Crippen LogP contribution < -0.4 is 25.0 Å². The molecule has 0 bridgehead atoms. The fourth-order valence-electron chi connectivity index (χ4n) is 3.49. The molecule has 1 saturated heterocycles. The Bertz CT molecular complexity index is 860. The summed E-state index contributed by atoms with van der Waals surface area (Å²) in [6.45, 7) is 2.21. The van der Waals surface area contributed by atoms with Crippen LogP contribution >= 0.6 is 0 Å². The minimum absolute atomic E-state index is 0.288. The predicted molar refractivity (Wildman–Crippen MR) is 116 cm³/mol. The highest BCUT2D eigenvalue weighted by Gasteiger charge is 2.21. The second-order valence-electron chi connectivity index (χ2n) is 7.19. The smallest absolute Gasteiger partial charge is 0.191 e. The molecule has 0 aromatic heterocycles. The fraction of sp³-hybridized carbons (Fsp3) is 0.409. The highest BCUT2D eigenvalue weighted by molar-refractivity contribution is 5.80. The molecular formula is C22H29FN4O3. The number of nitrogens with one attached hydrogen (secondary N) is 2. The Morgan fingerprint density at radius 1 is 1.13 bits per heavy atom. The van der Waals surface area contributed by atoms with Gasteiger partial charge >= 0.3 is 0 Å². The van der Waals surface area contributed by atoms with Gasteiger partial charge in [-0.05, 0) is 30.5 Å². The van der Waals surface area contributed by atoms with Crippen molar-refractivity contribution in [2.45, 2.75) is 25.4 Å². The van der Waals surface area contributed by atoms with Gasteiger partial charge in [-0.15, -0.1) is 0 Å². The highest BCUT2D eigenvalue weighted by Crippen LogP contribution is 2.30. The quantitative estimate of drug-likeness (QED) is 0.497. The van der Waals surface area contributed by atoms with E-state index in [0.717, 1.165) is 48.7 Å². The number of anilines is 1. The maximum absolute atomic E-state index is 13.5. The Morgan fingerprint density at radius 3 is 2.37 bits per heavy atom. The molecule has 2 aromatic rings. The molecule has 2 aromatic carbocycles. The number of ether oxygens (including phenoxy) is 2. The van der Waals surface area contributed by atoms with E-state index in [4.69, 9.17) is 9.47 Å². The summed E-state index contributed by atoms with van der Waals surface area (Å²) in [4.78, 5) is 6.58. The Labute approximate surface area is 176 Å². The van der Waals surface area contributed by atoms with Crippen LogP contribution in [0.15, 0.2) is 41.4 Å². The van der Waals surface area contributed by atoms with Crippen LogP contribution in [0.3, 0.4) is 0 Å². The van der Waals surface area contributed by atoms with Crippen molar-refractivity contribution in [3.05, 3.63) is 47.8 Å². The number of piperidine rings is 1. The molecule has 0 aliphatic carbocycles. The number of nitrogens with zero attached hydrogens (tertiary/aromatic N) is 2. The summed E-state index contributed by atoms with van der Waals surface area (Å²) in [6.07, 6.45) is 1.90. The molecule has 0 unspecified atom stereocenters. The van der Waals surface area contributed by atoms with Gasteiger partial charge in [-0.3, -0.25) is 4.99 Å². The van der Waals surface area contributed by atoms with Crippen LogP contribution in [0, 0.1) is 5.82 Å². The van der Waals surface area contributed by atoms with Crippen molar-refractivity contribution in [3.63, 3.8) is 0 Å². The number of methoxy groups -OCH3 is 2. The SMILES string of the molecule is CN=C(NCc1ccc(O)c(F)c1)NC1CCN(c2cc(OC)cc(OC)c2)CC1. The van der Waals surface area contributed by atoms with E-state index in [-0.39, 0.29) is 11.8 Å². The van der Waals surface area contributed by atoms with Crippen LogP contribution in [0.5, 0.6) is 17.2 Å². The number of phenolic OH excluding ortho intramolecular Hbond substituents is 1. The van der Waals surface area contributed by atoms with Crippen molar-refractivity contribution < 1.29 is 19.0 Å². The first kappa shape index (κ1) is 21.5.